The topological polar surface area (TPSA) is 109 Å². The van der Waals surface area contributed by atoms with Gasteiger partial charge in [-0.25, -0.2) is 15.0 Å². The molecule has 0 radical (unpaired) electrons. The van der Waals surface area contributed by atoms with E-state index < -0.39 is 51.4 Å². The van der Waals surface area contributed by atoms with E-state index >= 15 is 0 Å². The Morgan fingerprint density at radius 3 is 2.12 bits per heavy atom. The molecule has 1 aromatic carbocycles. The number of hydrogen-bond donors (Lipinski definition) is 2. The van der Waals surface area contributed by atoms with Gasteiger partial charge >= 0.3 is 12.4 Å². The molecule has 1 unspecified atom stereocenters. The molecular weight excluding hydrogens is 665 g/mol. The summed E-state index contributed by atoms with van der Waals surface area (Å²) >= 11 is 13.1. The van der Waals surface area contributed by atoms with E-state index in [0.717, 1.165) is 41.0 Å². The number of aliphatic imine (C=N–C) groups is 1. The van der Waals surface area contributed by atoms with Crippen LogP contribution in [0.2, 0.25) is 10.0 Å². The van der Waals surface area contributed by atoms with E-state index in [2.05, 4.69) is 30.6 Å². The summed E-state index contributed by atoms with van der Waals surface area (Å²) in [6, 6.07) is 3.05. The fourth-order valence-electron chi connectivity index (χ4n) is 3.45. The summed E-state index contributed by atoms with van der Waals surface area (Å²) in [5.74, 6) is -1.78. The Balaban J connectivity index is 1.42. The molecular formula is C25H16Cl2F6N6O2S2. The van der Waals surface area contributed by atoms with Crippen molar-refractivity contribution in [2.75, 3.05) is 10.6 Å². The summed E-state index contributed by atoms with van der Waals surface area (Å²) < 4.78 is 78.6. The average Bonchev–Trinajstić information content (AvgIpc) is 3.60. The van der Waals surface area contributed by atoms with E-state index in [-0.39, 0.29) is 21.3 Å². The predicted molar refractivity (Wildman–Crippen MR) is 151 cm³/mol. The van der Waals surface area contributed by atoms with E-state index in [9.17, 15) is 35.9 Å². The zero-order valence-corrected chi connectivity index (χ0v) is 24.7. The van der Waals surface area contributed by atoms with E-state index in [0.29, 0.717) is 21.8 Å². The highest BCUT2D eigenvalue weighted by molar-refractivity contribution is 7.15. The van der Waals surface area contributed by atoms with Gasteiger partial charge in [-0.15, -0.1) is 22.7 Å². The second kappa shape index (κ2) is 12.6. The number of hydrogen-bond acceptors (Lipinski definition) is 8. The van der Waals surface area contributed by atoms with Gasteiger partial charge in [0.25, 0.3) is 11.8 Å². The van der Waals surface area contributed by atoms with Gasteiger partial charge in [-0.05, 0) is 38.1 Å². The summed E-state index contributed by atoms with van der Waals surface area (Å²) in [5, 5.41) is 4.31. The molecule has 2 amide bonds. The standard InChI is InChI=1S/C25H16Cl2F6N6O2S2/c1-10(22-35-8-17(42-22)20(40)38-12-3-4-15(26)13(5-12)24(28,29)30)37-11(2)23-36-9-18(43-23)21(41)39-19-6-14(25(31,32)33)16(27)7-34-19/h3-10H,1-2H3,(H,38,40)(H,34,39,41)/b37-11+. The number of benzene rings is 1. The van der Waals surface area contributed by atoms with Crippen LogP contribution in [0.3, 0.4) is 0 Å². The largest absolute Gasteiger partial charge is 0.418 e. The van der Waals surface area contributed by atoms with Crippen LogP contribution in [0.4, 0.5) is 37.8 Å². The Morgan fingerprint density at radius 1 is 0.837 bits per heavy atom. The van der Waals surface area contributed by atoms with Gasteiger partial charge in [-0.1, -0.05) is 23.2 Å². The molecule has 0 aliphatic heterocycles. The number of anilines is 2. The summed E-state index contributed by atoms with van der Waals surface area (Å²) in [6.45, 7) is 3.30. The Kier molecular flexibility index (Phi) is 9.44. The maximum atomic E-state index is 13.1. The van der Waals surface area contributed by atoms with E-state index in [1.165, 1.54) is 18.5 Å². The van der Waals surface area contributed by atoms with E-state index in [4.69, 9.17) is 23.2 Å². The molecule has 43 heavy (non-hydrogen) atoms. The number of carbonyl (C=O) groups excluding carboxylic acids is 2. The van der Waals surface area contributed by atoms with Gasteiger partial charge in [0.1, 0.15) is 25.6 Å². The minimum atomic E-state index is -4.74. The molecule has 2 N–H and O–H groups in total. The summed E-state index contributed by atoms with van der Waals surface area (Å²) in [7, 11) is 0. The first kappa shape index (κ1) is 32.3. The number of carbonyl (C=O) groups is 2. The van der Waals surface area contributed by atoms with Crippen LogP contribution in [-0.4, -0.2) is 32.5 Å². The molecule has 0 saturated carbocycles. The molecule has 0 aliphatic carbocycles. The van der Waals surface area contributed by atoms with Gasteiger partial charge in [-0.3, -0.25) is 14.6 Å². The highest BCUT2D eigenvalue weighted by Crippen LogP contribution is 2.37. The predicted octanol–water partition coefficient (Wildman–Crippen LogP) is 8.41. The molecule has 4 aromatic rings. The van der Waals surface area contributed by atoms with Crippen molar-refractivity contribution < 1.29 is 35.9 Å². The molecule has 0 saturated heterocycles. The van der Waals surface area contributed by atoms with Crippen LogP contribution in [0.5, 0.6) is 0 Å². The third-order valence-corrected chi connectivity index (χ3v) is 8.37. The van der Waals surface area contributed by atoms with Gasteiger partial charge in [0.15, 0.2) is 0 Å². The number of alkyl halides is 6. The third kappa shape index (κ3) is 7.87. The van der Waals surface area contributed by atoms with Crippen molar-refractivity contribution in [3.05, 3.63) is 83.8 Å². The van der Waals surface area contributed by atoms with Crippen molar-refractivity contribution in [1.29, 1.82) is 0 Å². The Bertz CT molecular complexity index is 1720. The van der Waals surface area contributed by atoms with Crippen molar-refractivity contribution >= 4 is 74.9 Å². The number of amides is 2. The number of nitrogens with zero attached hydrogens (tertiary/aromatic N) is 4. The summed E-state index contributed by atoms with van der Waals surface area (Å²) in [4.78, 5) is 41.9. The molecule has 8 nitrogen and oxygen atoms in total. The fourth-order valence-corrected chi connectivity index (χ4v) is 5.45. The number of halogens is 8. The lowest BCUT2D eigenvalue weighted by molar-refractivity contribution is -0.138. The zero-order chi connectivity index (χ0) is 31.7. The molecule has 0 bridgehead atoms. The molecule has 226 valence electrons. The quantitative estimate of drug-likeness (QED) is 0.150. The molecule has 0 spiro atoms. The van der Waals surface area contributed by atoms with E-state index in [1.807, 2.05) is 0 Å². The monoisotopic (exact) mass is 680 g/mol. The lowest BCUT2D eigenvalue weighted by Gasteiger charge is -2.11. The molecule has 0 fully saturated rings. The van der Waals surface area contributed by atoms with Crippen molar-refractivity contribution in [2.45, 2.75) is 32.2 Å². The SMILES string of the molecule is C/C(=N\C(C)c1ncc(C(=O)Nc2ccc(Cl)c(C(F)(F)F)c2)s1)c1ncc(C(=O)Nc2cc(C(F)(F)F)c(Cl)cn2)s1. The highest BCUT2D eigenvalue weighted by atomic mass is 35.5. The highest BCUT2D eigenvalue weighted by Gasteiger charge is 2.34. The summed E-state index contributed by atoms with van der Waals surface area (Å²) in [5.41, 5.74) is -1.93. The first-order valence-corrected chi connectivity index (χ1v) is 14.1. The van der Waals surface area contributed by atoms with Crippen LogP contribution in [0.15, 0.2) is 47.8 Å². The number of thiazole rings is 2. The average molecular weight is 681 g/mol. The Labute approximate surface area is 256 Å². The summed E-state index contributed by atoms with van der Waals surface area (Å²) in [6.07, 6.45) is -6.16. The zero-order valence-electron chi connectivity index (χ0n) is 21.6. The number of rotatable bonds is 7. The molecule has 3 aromatic heterocycles. The minimum absolute atomic E-state index is 0.0756. The van der Waals surface area contributed by atoms with Crippen LogP contribution >= 0.6 is 45.9 Å². The Morgan fingerprint density at radius 2 is 1.44 bits per heavy atom. The van der Waals surface area contributed by atoms with Gasteiger partial charge in [-0.2, -0.15) is 26.3 Å². The second-order valence-electron chi connectivity index (χ2n) is 8.63. The fraction of sp³-hybridized carbons (Fsp3) is 0.200. The Hall–Kier alpha value is -3.60. The number of nitrogens with one attached hydrogen (secondary N) is 2. The van der Waals surface area contributed by atoms with Crippen LogP contribution in [0.1, 0.15) is 60.4 Å². The van der Waals surface area contributed by atoms with Crippen LogP contribution < -0.4 is 10.6 Å². The van der Waals surface area contributed by atoms with Crippen LogP contribution in [-0.2, 0) is 12.4 Å². The molecule has 0 aliphatic rings. The number of aromatic nitrogens is 3. The van der Waals surface area contributed by atoms with Crippen LogP contribution in [0, 0.1) is 0 Å². The maximum Gasteiger partial charge on any atom is 0.418 e. The van der Waals surface area contributed by atoms with Gasteiger partial charge < -0.3 is 10.6 Å². The van der Waals surface area contributed by atoms with Gasteiger partial charge in [0.2, 0.25) is 0 Å². The first-order chi connectivity index (χ1) is 20.0. The maximum absolute atomic E-state index is 13.1. The van der Waals surface area contributed by atoms with Gasteiger partial charge in [0, 0.05) is 11.9 Å². The lowest BCUT2D eigenvalue weighted by Crippen LogP contribution is -2.13. The lowest BCUT2D eigenvalue weighted by atomic mass is 10.2. The van der Waals surface area contributed by atoms with Crippen molar-refractivity contribution in [2.24, 2.45) is 4.99 Å². The van der Waals surface area contributed by atoms with Crippen LogP contribution in [0.25, 0.3) is 0 Å². The van der Waals surface area contributed by atoms with Crippen molar-refractivity contribution in [1.82, 2.24) is 15.0 Å². The van der Waals surface area contributed by atoms with Crippen molar-refractivity contribution in [3.63, 3.8) is 0 Å². The number of pyridine rings is 1. The van der Waals surface area contributed by atoms with Crippen molar-refractivity contribution in [3.8, 4) is 0 Å². The first-order valence-electron chi connectivity index (χ1n) is 11.7. The molecule has 18 heteroatoms. The molecule has 3 heterocycles. The normalized spacial score (nSPS) is 13.1. The third-order valence-electron chi connectivity index (χ3n) is 5.46. The molecule has 4 rings (SSSR count). The van der Waals surface area contributed by atoms with Gasteiger partial charge in [0.05, 0.1) is 45.3 Å². The van der Waals surface area contributed by atoms with E-state index in [1.54, 1.807) is 13.8 Å². The molecule has 1 atom stereocenters. The second-order valence-corrected chi connectivity index (χ2v) is 11.5. The minimum Gasteiger partial charge on any atom is -0.321 e. The smallest absolute Gasteiger partial charge is 0.321 e.